The number of nitrogen functional groups attached to an aromatic ring is 1. The topological polar surface area (TPSA) is 176 Å². The van der Waals surface area contributed by atoms with Crippen LogP contribution in [0.25, 0.3) is 0 Å². The fourth-order valence-corrected chi connectivity index (χ4v) is 5.39. The molecule has 12 nitrogen and oxygen atoms in total. The zero-order chi connectivity index (χ0) is 25.8. The van der Waals surface area contributed by atoms with Crippen LogP contribution in [0.4, 0.5) is 5.82 Å². The summed E-state index contributed by atoms with van der Waals surface area (Å²) in [6.45, 7) is 1.66. The summed E-state index contributed by atoms with van der Waals surface area (Å²) in [7, 11) is -4.08. The molecule has 4 rings (SSSR count). The second kappa shape index (κ2) is 10.6. The SMILES string of the molecule is Nc1cccc(CN2CCC3(CC2)CC(C(=O)NC[C@H](NS(=O)(=O)c2ccccc2)C(=O)O)=NO3)n1. The van der Waals surface area contributed by atoms with Crippen molar-refractivity contribution in [2.45, 2.75) is 42.3 Å². The molecule has 0 bridgehead atoms. The van der Waals surface area contributed by atoms with E-state index in [1.807, 2.05) is 12.1 Å². The Hall–Kier alpha value is -3.55. The van der Waals surface area contributed by atoms with Crippen molar-refractivity contribution in [3.8, 4) is 0 Å². The summed E-state index contributed by atoms with van der Waals surface area (Å²) < 4.78 is 27.0. The van der Waals surface area contributed by atoms with E-state index in [1.54, 1.807) is 12.1 Å². The quantitative estimate of drug-likeness (QED) is 0.366. The van der Waals surface area contributed by atoms with Crippen molar-refractivity contribution in [1.29, 1.82) is 0 Å². The van der Waals surface area contributed by atoms with E-state index in [1.165, 1.54) is 24.3 Å². The maximum absolute atomic E-state index is 12.6. The van der Waals surface area contributed by atoms with Gasteiger partial charge in [-0.3, -0.25) is 14.5 Å². The number of likely N-dealkylation sites (tertiary alicyclic amines) is 1. The first-order chi connectivity index (χ1) is 17.2. The zero-order valence-electron chi connectivity index (χ0n) is 19.5. The number of aliphatic carboxylic acids is 1. The number of sulfonamides is 1. The Morgan fingerprint density at radius 2 is 1.86 bits per heavy atom. The number of nitrogens with one attached hydrogen (secondary N) is 2. The maximum Gasteiger partial charge on any atom is 0.323 e. The number of nitrogens with zero attached hydrogens (tertiary/aromatic N) is 3. The monoisotopic (exact) mass is 516 g/mol. The summed E-state index contributed by atoms with van der Waals surface area (Å²) in [4.78, 5) is 36.4. The lowest BCUT2D eigenvalue weighted by atomic mass is 9.86. The van der Waals surface area contributed by atoms with Gasteiger partial charge in [-0.15, -0.1) is 0 Å². The average Bonchev–Trinajstić information content (AvgIpc) is 3.27. The fraction of sp³-hybridized carbons (Fsp3) is 0.391. The highest BCUT2D eigenvalue weighted by Crippen LogP contribution is 2.35. The molecule has 5 N–H and O–H groups in total. The van der Waals surface area contributed by atoms with Crippen LogP contribution in [0.15, 0.2) is 58.6 Å². The van der Waals surface area contributed by atoms with E-state index in [0.717, 1.165) is 18.8 Å². The Kier molecular flexibility index (Phi) is 7.52. The highest BCUT2D eigenvalue weighted by Gasteiger charge is 2.43. The van der Waals surface area contributed by atoms with Crippen molar-refractivity contribution in [2.24, 2.45) is 5.16 Å². The van der Waals surface area contributed by atoms with Crippen molar-refractivity contribution >= 4 is 33.4 Å². The number of hydrogen-bond acceptors (Lipinski definition) is 9. The van der Waals surface area contributed by atoms with Crippen LogP contribution < -0.4 is 15.8 Å². The molecule has 1 saturated heterocycles. The largest absolute Gasteiger partial charge is 0.480 e. The molecule has 1 fully saturated rings. The Morgan fingerprint density at radius 1 is 1.14 bits per heavy atom. The van der Waals surface area contributed by atoms with E-state index in [9.17, 15) is 23.1 Å². The average molecular weight is 517 g/mol. The first-order valence-corrected chi connectivity index (χ1v) is 12.9. The minimum Gasteiger partial charge on any atom is -0.480 e. The van der Waals surface area contributed by atoms with Gasteiger partial charge in [-0.1, -0.05) is 29.4 Å². The number of carbonyl (C=O) groups excluding carboxylic acids is 1. The van der Waals surface area contributed by atoms with Crippen LogP contribution in [0.1, 0.15) is 25.0 Å². The summed E-state index contributed by atoms with van der Waals surface area (Å²) in [5.41, 5.74) is 6.19. The van der Waals surface area contributed by atoms with Crippen LogP contribution >= 0.6 is 0 Å². The molecule has 0 radical (unpaired) electrons. The maximum atomic E-state index is 12.6. The third-order valence-corrected chi connectivity index (χ3v) is 7.69. The number of carbonyl (C=O) groups is 2. The van der Waals surface area contributed by atoms with Gasteiger partial charge in [-0.2, -0.15) is 4.72 Å². The summed E-state index contributed by atoms with van der Waals surface area (Å²) in [6.07, 6.45) is 1.60. The number of anilines is 1. The molecule has 36 heavy (non-hydrogen) atoms. The molecule has 1 amide bonds. The van der Waals surface area contributed by atoms with Crippen LogP contribution in [-0.2, 0) is 31.0 Å². The first-order valence-electron chi connectivity index (χ1n) is 11.4. The van der Waals surface area contributed by atoms with E-state index >= 15 is 0 Å². The molecule has 2 aliphatic heterocycles. The second-order valence-electron chi connectivity index (χ2n) is 8.85. The summed E-state index contributed by atoms with van der Waals surface area (Å²) >= 11 is 0. The fourth-order valence-electron chi connectivity index (χ4n) is 4.18. The number of pyridine rings is 1. The predicted molar refractivity (Wildman–Crippen MR) is 130 cm³/mol. The standard InChI is InChI=1S/C23H28N6O6S/c24-20-8-4-5-16(26-20)15-29-11-9-23(10-12-29)13-18(27-35-23)21(30)25-14-19(22(31)32)28-36(33,34)17-6-2-1-3-7-17/h1-8,19,28H,9-15H2,(H2,24,26)(H,25,30)(H,31,32)/t19-/m0/s1. The minimum atomic E-state index is -4.08. The summed E-state index contributed by atoms with van der Waals surface area (Å²) in [5.74, 6) is -1.54. The van der Waals surface area contributed by atoms with Gasteiger partial charge in [-0.25, -0.2) is 13.4 Å². The molecule has 0 aliphatic carbocycles. The number of amides is 1. The molecular weight excluding hydrogens is 488 g/mol. The first kappa shape index (κ1) is 25.5. The van der Waals surface area contributed by atoms with Crippen molar-refractivity contribution in [1.82, 2.24) is 19.9 Å². The van der Waals surface area contributed by atoms with E-state index in [2.05, 4.69) is 25.1 Å². The smallest absolute Gasteiger partial charge is 0.323 e. The predicted octanol–water partition coefficient (Wildman–Crippen LogP) is 0.323. The number of nitrogens with two attached hydrogens (primary N) is 1. The second-order valence-corrected chi connectivity index (χ2v) is 10.6. The van der Waals surface area contributed by atoms with Gasteiger partial charge >= 0.3 is 5.97 Å². The molecule has 2 aromatic rings. The molecule has 1 aromatic heterocycles. The van der Waals surface area contributed by atoms with Crippen molar-refractivity contribution < 1.29 is 28.0 Å². The minimum absolute atomic E-state index is 0.0732. The molecule has 1 aromatic carbocycles. The number of benzene rings is 1. The van der Waals surface area contributed by atoms with Gasteiger partial charge in [0.2, 0.25) is 10.0 Å². The zero-order valence-corrected chi connectivity index (χ0v) is 20.3. The van der Waals surface area contributed by atoms with Crippen LogP contribution in [0.2, 0.25) is 0 Å². The third-order valence-electron chi connectivity index (χ3n) is 6.20. The highest BCUT2D eigenvalue weighted by atomic mass is 32.2. The van der Waals surface area contributed by atoms with Crippen molar-refractivity contribution in [2.75, 3.05) is 25.4 Å². The molecular formula is C23H28N6O6S. The van der Waals surface area contributed by atoms with Crippen molar-refractivity contribution in [3.05, 3.63) is 54.2 Å². The van der Waals surface area contributed by atoms with Crippen LogP contribution in [0.3, 0.4) is 0 Å². The molecule has 0 unspecified atom stereocenters. The number of oxime groups is 1. The molecule has 1 spiro atoms. The lowest BCUT2D eigenvalue weighted by molar-refractivity contribution is -0.138. The lowest BCUT2D eigenvalue weighted by Gasteiger charge is -2.37. The van der Waals surface area contributed by atoms with Crippen LogP contribution in [-0.4, -0.2) is 72.3 Å². The van der Waals surface area contributed by atoms with Gasteiger partial charge in [0.25, 0.3) is 5.91 Å². The van der Waals surface area contributed by atoms with Gasteiger partial charge < -0.3 is 21.0 Å². The number of aromatic nitrogens is 1. The van der Waals surface area contributed by atoms with Gasteiger partial charge in [0, 0.05) is 45.4 Å². The summed E-state index contributed by atoms with van der Waals surface area (Å²) in [6, 6.07) is 11.4. The van der Waals surface area contributed by atoms with Gasteiger partial charge in [0.05, 0.1) is 10.6 Å². The van der Waals surface area contributed by atoms with Gasteiger partial charge in [0.1, 0.15) is 23.2 Å². The number of carboxylic acids is 1. The number of hydrogen-bond donors (Lipinski definition) is 4. The molecule has 192 valence electrons. The highest BCUT2D eigenvalue weighted by molar-refractivity contribution is 7.89. The van der Waals surface area contributed by atoms with E-state index in [4.69, 9.17) is 10.6 Å². The molecule has 1 atom stereocenters. The van der Waals surface area contributed by atoms with E-state index < -0.39 is 40.1 Å². The molecule has 13 heteroatoms. The Labute approximate surface area is 208 Å². The third kappa shape index (κ3) is 6.17. The number of piperidine rings is 1. The normalized spacial score (nSPS) is 18.3. The van der Waals surface area contributed by atoms with E-state index in [-0.39, 0.29) is 17.0 Å². The van der Waals surface area contributed by atoms with Gasteiger partial charge in [0.15, 0.2) is 0 Å². The molecule has 0 saturated carbocycles. The van der Waals surface area contributed by atoms with Crippen LogP contribution in [0.5, 0.6) is 0 Å². The molecule has 2 aliphatic rings. The summed E-state index contributed by atoms with van der Waals surface area (Å²) in [5, 5.41) is 15.9. The Balaban J connectivity index is 1.27. The lowest BCUT2D eigenvalue weighted by Crippen LogP contribution is -2.49. The number of carboxylic acid groups (broad SMARTS) is 1. The number of rotatable bonds is 9. The van der Waals surface area contributed by atoms with Crippen LogP contribution in [0, 0.1) is 0 Å². The van der Waals surface area contributed by atoms with E-state index in [0.29, 0.717) is 25.2 Å². The van der Waals surface area contributed by atoms with Gasteiger partial charge in [-0.05, 0) is 24.3 Å². The Morgan fingerprint density at radius 3 is 2.53 bits per heavy atom. The Bertz CT molecular complexity index is 1240. The molecule has 3 heterocycles. The van der Waals surface area contributed by atoms with Crippen molar-refractivity contribution in [3.63, 3.8) is 0 Å².